The van der Waals surface area contributed by atoms with Crippen LogP contribution in [0.5, 0.6) is 0 Å². The molecule has 0 radical (unpaired) electrons. The van der Waals surface area contributed by atoms with E-state index in [0.29, 0.717) is 16.7 Å². The lowest BCUT2D eigenvalue weighted by Gasteiger charge is -2.05. The monoisotopic (exact) mass is 296 g/mol. The number of sulfonamides is 1. The first-order valence-electron chi connectivity index (χ1n) is 5.65. The lowest BCUT2D eigenvalue weighted by molar-refractivity contribution is -0.384. The van der Waals surface area contributed by atoms with Crippen molar-refractivity contribution in [3.05, 3.63) is 40.4 Å². The minimum atomic E-state index is -3.52. The van der Waals surface area contributed by atoms with Crippen molar-refractivity contribution in [3.8, 4) is 0 Å². The van der Waals surface area contributed by atoms with Crippen LogP contribution in [0.25, 0.3) is 10.9 Å². The number of aromatic nitrogens is 1. The van der Waals surface area contributed by atoms with Crippen molar-refractivity contribution in [1.29, 1.82) is 0 Å². The largest absolute Gasteiger partial charge is 0.369 e. The molecule has 2 aromatic rings. The molecule has 0 atom stereocenters. The van der Waals surface area contributed by atoms with E-state index in [1.807, 2.05) is 0 Å². The van der Waals surface area contributed by atoms with Crippen LogP contribution in [0.1, 0.15) is 0 Å². The Morgan fingerprint density at radius 3 is 2.70 bits per heavy atom. The van der Waals surface area contributed by atoms with Crippen LogP contribution in [0.3, 0.4) is 0 Å². The topological polar surface area (TPSA) is 128 Å². The summed E-state index contributed by atoms with van der Waals surface area (Å²) in [5.74, 6) is 0.280. The summed E-state index contributed by atoms with van der Waals surface area (Å²) in [6, 6.07) is 7.63. The third kappa shape index (κ3) is 3.62. The van der Waals surface area contributed by atoms with Crippen molar-refractivity contribution in [2.24, 2.45) is 5.14 Å². The van der Waals surface area contributed by atoms with Gasteiger partial charge in [-0.25, -0.2) is 18.5 Å². The van der Waals surface area contributed by atoms with E-state index in [0.717, 1.165) is 0 Å². The van der Waals surface area contributed by atoms with E-state index in [-0.39, 0.29) is 18.0 Å². The molecule has 1 heterocycles. The van der Waals surface area contributed by atoms with Crippen LogP contribution in [0, 0.1) is 10.1 Å². The summed E-state index contributed by atoms with van der Waals surface area (Å²) in [5.41, 5.74) is 0.574. The molecule has 0 saturated carbocycles. The minimum Gasteiger partial charge on any atom is -0.369 e. The highest BCUT2D eigenvalue weighted by atomic mass is 32.2. The molecule has 0 aliphatic rings. The lowest BCUT2D eigenvalue weighted by atomic mass is 10.2. The van der Waals surface area contributed by atoms with Gasteiger partial charge in [-0.05, 0) is 18.2 Å². The number of rotatable bonds is 5. The number of nitro benzene ring substituents is 1. The summed E-state index contributed by atoms with van der Waals surface area (Å²) in [5, 5.41) is 19.0. The molecule has 0 fully saturated rings. The first-order chi connectivity index (χ1) is 9.35. The van der Waals surface area contributed by atoms with Gasteiger partial charge in [-0.15, -0.1) is 0 Å². The summed E-state index contributed by atoms with van der Waals surface area (Å²) in [6.45, 7) is 0.143. The zero-order valence-corrected chi connectivity index (χ0v) is 11.1. The predicted octanol–water partition coefficient (Wildman–Crippen LogP) is 0.843. The molecule has 8 nitrogen and oxygen atoms in total. The number of nitrogens with one attached hydrogen (secondary N) is 1. The van der Waals surface area contributed by atoms with Gasteiger partial charge in [0.1, 0.15) is 5.82 Å². The highest BCUT2D eigenvalue weighted by Gasteiger charge is 2.07. The SMILES string of the molecule is NS(=O)(=O)CCNc1ccc2cc([N+](=O)[O-])ccc2n1. The van der Waals surface area contributed by atoms with Crippen molar-refractivity contribution in [3.63, 3.8) is 0 Å². The summed E-state index contributed by atoms with van der Waals surface area (Å²) in [4.78, 5) is 14.4. The van der Waals surface area contributed by atoms with Gasteiger partial charge in [0.15, 0.2) is 0 Å². The van der Waals surface area contributed by atoms with E-state index in [1.165, 1.54) is 12.1 Å². The molecule has 0 bridgehead atoms. The fourth-order valence-electron chi connectivity index (χ4n) is 1.65. The number of fused-ring (bicyclic) bond motifs is 1. The van der Waals surface area contributed by atoms with Crippen molar-refractivity contribution < 1.29 is 13.3 Å². The zero-order valence-electron chi connectivity index (χ0n) is 10.3. The van der Waals surface area contributed by atoms with Crippen molar-refractivity contribution in [1.82, 2.24) is 4.98 Å². The summed E-state index contributed by atoms with van der Waals surface area (Å²) < 4.78 is 21.6. The van der Waals surface area contributed by atoms with E-state index in [9.17, 15) is 18.5 Å². The van der Waals surface area contributed by atoms with E-state index < -0.39 is 14.9 Å². The molecule has 1 aromatic heterocycles. The maximum atomic E-state index is 10.8. The third-order valence-corrected chi connectivity index (χ3v) is 3.35. The van der Waals surface area contributed by atoms with Crippen LogP contribution >= 0.6 is 0 Å². The molecule has 20 heavy (non-hydrogen) atoms. The number of nitrogens with zero attached hydrogens (tertiary/aromatic N) is 2. The lowest BCUT2D eigenvalue weighted by Crippen LogP contribution is -2.22. The predicted molar refractivity (Wildman–Crippen MR) is 74.9 cm³/mol. The second-order valence-electron chi connectivity index (χ2n) is 4.12. The molecular weight excluding hydrogens is 284 g/mol. The second kappa shape index (κ2) is 5.39. The first-order valence-corrected chi connectivity index (χ1v) is 7.36. The number of hydrogen-bond acceptors (Lipinski definition) is 6. The highest BCUT2D eigenvalue weighted by molar-refractivity contribution is 7.89. The molecule has 0 aliphatic carbocycles. The van der Waals surface area contributed by atoms with Gasteiger partial charge < -0.3 is 5.32 Å². The van der Waals surface area contributed by atoms with Gasteiger partial charge in [0, 0.05) is 24.1 Å². The maximum Gasteiger partial charge on any atom is 0.270 e. The number of benzene rings is 1. The van der Waals surface area contributed by atoms with Crippen molar-refractivity contribution >= 4 is 32.4 Å². The van der Waals surface area contributed by atoms with E-state index >= 15 is 0 Å². The Balaban J connectivity index is 2.17. The third-order valence-electron chi connectivity index (χ3n) is 2.58. The Morgan fingerprint density at radius 2 is 2.05 bits per heavy atom. The Kier molecular flexibility index (Phi) is 3.81. The first kappa shape index (κ1) is 14.2. The van der Waals surface area contributed by atoms with Gasteiger partial charge in [-0.1, -0.05) is 0 Å². The number of non-ortho nitro benzene ring substituents is 1. The Bertz CT molecular complexity index is 760. The molecule has 2 rings (SSSR count). The normalized spacial score (nSPS) is 11.4. The molecule has 0 saturated heterocycles. The van der Waals surface area contributed by atoms with E-state index in [4.69, 9.17) is 5.14 Å². The van der Waals surface area contributed by atoms with Crippen molar-refractivity contribution in [2.45, 2.75) is 0 Å². The van der Waals surface area contributed by atoms with Gasteiger partial charge in [0.05, 0.1) is 16.2 Å². The van der Waals surface area contributed by atoms with Crippen LogP contribution in [0.2, 0.25) is 0 Å². The van der Waals surface area contributed by atoms with Gasteiger partial charge >= 0.3 is 0 Å². The van der Waals surface area contributed by atoms with Crippen LogP contribution < -0.4 is 10.5 Å². The quantitative estimate of drug-likeness (QED) is 0.621. The summed E-state index contributed by atoms with van der Waals surface area (Å²) in [7, 11) is -3.52. The standard InChI is InChI=1S/C11H12N4O4S/c12-20(18,19)6-5-13-11-4-1-8-7-9(15(16)17)2-3-10(8)14-11/h1-4,7H,5-6H2,(H,13,14)(H2,12,18,19). The van der Waals surface area contributed by atoms with Gasteiger partial charge in [-0.2, -0.15) is 0 Å². The Morgan fingerprint density at radius 1 is 1.30 bits per heavy atom. The average Bonchev–Trinajstić information content (AvgIpc) is 2.36. The number of primary sulfonamides is 1. The molecule has 1 aromatic carbocycles. The molecule has 0 aliphatic heterocycles. The van der Waals surface area contributed by atoms with Gasteiger partial charge in [0.25, 0.3) is 5.69 Å². The van der Waals surface area contributed by atoms with Gasteiger partial charge in [-0.3, -0.25) is 10.1 Å². The number of pyridine rings is 1. The molecule has 3 N–H and O–H groups in total. The molecule has 106 valence electrons. The Hall–Kier alpha value is -2.26. The summed E-state index contributed by atoms with van der Waals surface area (Å²) in [6.07, 6.45) is 0. The van der Waals surface area contributed by atoms with Crippen LogP contribution in [0.15, 0.2) is 30.3 Å². The molecule has 9 heteroatoms. The maximum absolute atomic E-state index is 10.8. The van der Waals surface area contributed by atoms with Crippen LogP contribution in [-0.2, 0) is 10.0 Å². The molecule has 0 spiro atoms. The van der Waals surface area contributed by atoms with Crippen LogP contribution in [-0.4, -0.2) is 30.6 Å². The fourth-order valence-corrected chi connectivity index (χ4v) is 2.03. The fraction of sp³-hybridized carbons (Fsp3) is 0.182. The Labute approximate surface area is 114 Å². The minimum absolute atomic E-state index is 0.00534. The molecule has 0 unspecified atom stereocenters. The van der Waals surface area contributed by atoms with E-state index in [2.05, 4.69) is 10.3 Å². The average molecular weight is 296 g/mol. The molecule has 0 amide bonds. The van der Waals surface area contributed by atoms with Crippen LogP contribution in [0.4, 0.5) is 11.5 Å². The second-order valence-corrected chi connectivity index (χ2v) is 5.86. The smallest absolute Gasteiger partial charge is 0.270 e. The number of nitro groups is 1. The number of hydrogen-bond donors (Lipinski definition) is 2. The van der Waals surface area contributed by atoms with Gasteiger partial charge in [0.2, 0.25) is 10.0 Å². The number of anilines is 1. The zero-order chi connectivity index (χ0) is 14.8. The summed E-state index contributed by atoms with van der Waals surface area (Å²) >= 11 is 0. The van der Waals surface area contributed by atoms with Crippen molar-refractivity contribution in [2.75, 3.05) is 17.6 Å². The highest BCUT2D eigenvalue weighted by Crippen LogP contribution is 2.20. The number of nitrogens with two attached hydrogens (primary N) is 1. The van der Waals surface area contributed by atoms with E-state index in [1.54, 1.807) is 18.2 Å². The molecular formula is C11H12N4O4S.